The lowest BCUT2D eigenvalue weighted by atomic mass is 9.97. The van der Waals surface area contributed by atoms with Crippen LogP contribution in [0.3, 0.4) is 0 Å². The van der Waals surface area contributed by atoms with E-state index in [1.54, 1.807) is 48.4 Å². The van der Waals surface area contributed by atoms with Crippen molar-refractivity contribution in [1.82, 2.24) is 4.90 Å². The molecule has 0 saturated carbocycles. The van der Waals surface area contributed by atoms with Gasteiger partial charge >= 0.3 is 0 Å². The van der Waals surface area contributed by atoms with Crippen LogP contribution >= 0.6 is 0 Å². The highest BCUT2D eigenvalue weighted by atomic mass is 16.6. The fourth-order valence-electron chi connectivity index (χ4n) is 4.49. The third-order valence-corrected chi connectivity index (χ3v) is 6.51. The van der Waals surface area contributed by atoms with Crippen molar-refractivity contribution in [3.05, 3.63) is 115 Å². The summed E-state index contributed by atoms with van der Waals surface area (Å²) in [6.07, 6.45) is 0. The molecule has 0 spiro atoms. The van der Waals surface area contributed by atoms with Crippen molar-refractivity contribution in [2.24, 2.45) is 0 Å². The van der Waals surface area contributed by atoms with Crippen molar-refractivity contribution in [2.75, 3.05) is 7.11 Å². The highest BCUT2D eigenvalue weighted by Crippen LogP contribution is 2.40. The Bertz CT molecular complexity index is 1540. The maximum Gasteiger partial charge on any atom is 0.291 e. The minimum absolute atomic E-state index is 0.00242. The molecule has 1 atom stereocenters. The normalized spacial score (nSPS) is 14.9. The van der Waals surface area contributed by atoms with Gasteiger partial charge < -0.3 is 14.1 Å². The maximum atomic E-state index is 13.7. The van der Waals surface area contributed by atoms with Crippen molar-refractivity contribution in [3.8, 4) is 5.75 Å². The summed E-state index contributed by atoms with van der Waals surface area (Å²) in [6, 6.07) is 16.0. The first-order valence-electron chi connectivity index (χ1n) is 11.0. The van der Waals surface area contributed by atoms with E-state index in [2.05, 4.69) is 0 Å². The first-order valence-corrected chi connectivity index (χ1v) is 11.0. The van der Waals surface area contributed by atoms with Crippen molar-refractivity contribution < 1.29 is 18.9 Å². The molecular formula is C27H22N2O6. The summed E-state index contributed by atoms with van der Waals surface area (Å²) in [7, 11) is 1.58. The van der Waals surface area contributed by atoms with Gasteiger partial charge in [0.05, 0.1) is 29.0 Å². The molecule has 35 heavy (non-hydrogen) atoms. The molecule has 0 N–H and O–H groups in total. The van der Waals surface area contributed by atoms with Crippen LogP contribution in [0.2, 0.25) is 0 Å². The van der Waals surface area contributed by atoms with Crippen molar-refractivity contribution in [1.29, 1.82) is 0 Å². The number of hydrogen-bond donors (Lipinski definition) is 0. The lowest BCUT2D eigenvalue weighted by Crippen LogP contribution is -2.29. The van der Waals surface area contributed by atoms with E-state index in [1.165, 1.54) is 12.1 Å². The molecular weight excluding hydrogens is 448 g/mol. The van der Waals surface area contributed by atoms with E-state index in [9.17, 15) is 19.7 Å². The van der Waals surface area contributed by atoms with Gasteiger partial charge in [0.1, 0.15) is 11.3 Å². The zero-order valence-electron chi connectivity index (χ0n) is 19.4. The van der Waals surface area contributed by atoms with Gasteiger partial charge in [0.2, 0.25) is 5.76 Å². The number of non-ortho nitro benzene ring substituents is 1. The smallest absolute Gasteiger partial charge is 0.291 e. The molecule has 0 saturated heterocycles. The predicted molar refractivity (Wildman–Crippen MR) is 130 cm³/mol. The number of amides is 1. The molecule has 2 heterocycles. The van der Waals surface area contributed by atoms with E-state index in [1.807, 2.05) is 26.0 Å². The molecule has 5 rings (SSSR count). The van der Waals surface area contributed by atoms with Crippen LogP contribution in [0, 0.1) is 24.0 Å². The van der Waals surface area contributed by atoms with Crippen LogP contribution in [0.1, 0.15) is 44.4 Å². The molecule has 0 radical (unpaired) electrons. The molecule has 1 amide bonds. The number of nitro benzene ring substituents is 1. The summed E-state index contributed by atoms with van der Waals surface area (Å²) in [5.74, 6) is 0.282. The van der Waals surface area contributed by atoms with Gasteiger partial charge in [0.25, 0.3) is 11.6 Å². The molecule has 4 aromatic rings. The number of nitrogens with zero attached hydrogens (tertiary/aromatic N) is 2. The fraction of sp³-hybridized carbons (Fsp3) is 0.185. The summed E-state index contributed by atoms with van der Waals surface area (Å²) in [5.41, 5.74) is 3.57. The number of aryl methyl sites for hydroxylation is 2. The molecule has 1 aromatic heterocycles. The number of carbonyl (C=O) groups is 1. The second kappa shape index (κ2) is 8.39. The van der Waals surface area contributed by atoms with E-state index >= 15 is 0 Å². The molecule has 0 aliphatic carbocycles. The van der Waals surface area contributed by atoms with Crippen LogP contribution in [-0.4, -0.2) is 22.8 Å². The van der Waals surface area contributed by atoms with Gasteiger partial charge in [-0.25, -0.2) is 0 Å². The minimum Gasteiger partial charge on any atom is -0.497 e. The van der Waals surface area contributed by atoms with Crippen molar-refractivity contribution in [2.45, 2.75) is 26.4 Å². The minimum atomic E-state index is -0.748. The number of hydrogen-bond acceptors (Lipinski definition) is 6. The van der Waals surface area contributed by atoms with Crippen LogP contribution < -0.4 is 10.2 Å². The Morgan fingerprint density at radius 1 is 1.00 bits per heavy atom. The molecule has 0 bridgehead atoms. The zero-order chi connectivity index (χ0) is 24.9. The second-order valence-corrected chi connectivity index (χ2v) is 8.64. The average molecular weight is 470 g/mol. The van der Waals surface area contributed by atoms with E-state index in [0.717, 1.165) is 16.7 Å². The average Bonchev–Trinajstić information content (AvgIpc) is 3.12. The van der Waals surface area contributed by atoms with Crippen LogP contribution in [-0.2, 0) is 6.54 Å². The quantitative estimate of drug-likeness (QED) is 0.298. The number of ether oxygens (including phenoxy) is 1. The van der Waals surface area contributed by atoms with E-state index in [0.29, 0.717) is 22.3 Å². The summed E-state index contributed by atoms with van der Waals surface area (Å²) < 4.78 is 11.3. The molecule has 0 unspecified atom stereocenters. The summed E-state index contributed by atoms with van der Waals surface area (Å²) in [6.45, 7) is 4.04. The van der Waals surface area contributed by atoms with E-state index in [-0.39, 0.29) is 29.0 Å². The Kier molecular flexibility index (Phi) is 5.36. The van der Waals surface area contributed by atoms with Crippen molar-refractivity contribution >= 4 is 22.6 Å². The molecule has 8 nitrogen and oxygen atoms in total. The molecule has 3 aromatic carbocycles. The number of fused-ring (bicyclic) bond motifs is 2. The molecule has 0 fully saturated rings. The highest BCUT2D eigenvalue weighted by Gasteiger charge is 2.42. The van der Waals surface area contributed by atoms with Gasteiger partial charge in [-0.3, -0.25) is 19.7 Å². The Labute approximate surface area is 200 Å². The number of nitro groups is 1. The van der Waals surface area contributed by atoms with Crippen LogP contribution in [0.4, 0.5) is 5.69 Å². The van der Waals surface area contributed by atoms with Crippen LogP contribution in [0.5, 0.6) is 5.75 Å². The largest absolute Gasteiger partial charge is 0.497 e. The third kappa shape index (κ3) is 3.73. The molecule has 1 aliphatic rings. The van der Waals surface area contributed by atoms with Gasteiger partial charge in [0.15, 0.2) is 5.43 Å². The Morgan fingerprint density at radius 3 is 2.29 bits per heavy atom. The molecule has 1 aliphatic heterocycles. The molecule has 8 heteroatoms. The SMILES string of the molecule is COc1ccc(CN2C(=O)c3oc4cc(C)c(C)cc4c(=O)c3[C@H]2c2ccc([N+](=O)[O-])cc2)cc1. The first kappa shape index (κ1) is 22.3. The van der Waals surface area contributed by atoms with Crippen LogP contribution in [0.15, 0.2) is 69.9 Å². The third-order valence-electron chi connectivity index (χ3n) is 6.51. The van der Waals surface area contributed by atoms with E-state index in [4.69, 9.17) is 9.15 Å². The molecule has 176 valence electrons. The summed E-state index contributed by atoms with van der Waals surface area (Å²) in [4.78, 5) is 39.5. The number of carbonyl (C=O) groups excluding carboxylic acids is 1. The first-order chi connectivity index (χ1) is 16.8. The van der Waals surface area contributed by atoms with Gasteiger partial charge in [-0.05, 0) is 72.5 Å². The maximum absolute atomic E-state index is 13.7. The van der Waals surface area contributed by atoms with Gasteiger partial charge in [-0.2, -0.15) is 0 Å². The zero-order valence-corrected chi connectivity index (χ0v) is 19.4. The topological polar surface area (TPSA) is 103 Å². The fourth-order valence-corrected chi connectivity index (χ4v) is 4.49. The Hall–Kier alpha value is -4.46. The summed E-state index contributed by atoms with van der Waals surface area (Å²) in [5, 5.41) is 11.6. The number of methoxy groups -OCH3 is 1. The number of rotatable bonds is 5. The highest BCUT2D eigenvalue weighted by molar-refractivity contribution is 5.99. The second-order valence-electron chi connectivity index (χ2n) is 8.64. The van der Waals surface area contributed by atoms with Gasteiger partial charge in [-0.1, -0.05) is 12.1 Å². The summed E-state index contributed by atoms with van der Waals surface area (Å²) >= 11 is 0. The van der Waals surface area contributed by atoms with Gasteiger partial charge in [-0.15, -0.1) is 0 Å². The van der Waals surface area contributed by atoms with Crippen molar-refractivity contribution in [3.63, 3.8) is 0 Å². The van der Waals surface area contributed by atoms with Crippen LogP contribution in [0.25, 0.3) is 11.0 Å². The lowest BCUT2D eigenvalue weighted by molar-refractivity contribution is -0.384. The van der Waals surface area contributed by atoms with Gasteiger partial charge in [0, 0.05) is 18.7 Å². The Morgan fingerprint density at radius 2 is 1.66 bits per heavy atom. The number of benzene rings is 3. The lowest BCUT2D eigenvalue weighted by Gasteiger charge is -2.25. The Balaban J connectivity index is 1.69. The predicted octanol–water partition coefficient (Wildman–Crippen LogP) is 5.07. The monoisotopic (exact) mass is 470 g/mol. The standard InChI is InChI=1S/C27H22N2O6/c1-15-12-21-22(13-16(15)2)35-26-23(25(21)30)24(18-6-8-19(9-7-18)29(32)33)28(27(26)31)14-17-4-10-20(34-3)11-5-17/h4-13,24H,14H2,1-3H3/t24-/m1/s1. The van der Waals surface area contributed by atoms with E-state index < -0.39 is 16.9 Å².